The number of aryl methyl sites for hydroxylation is 1. The zero-order chi connectivity index (χ0) is 18.0. The first-order chi connectivity index (χ1) is 12.0. The number of aromatic nitrogens is 1. The average molecular weight is 394 g/mol. The molecule has 1 aromatic heterocycles. The van der Waals surface area contributed by atoms with Gasteiger partial charge in [-0.15, -0.1) is 12.4 Å². The van der Waals surface area contributed by atoms with E-state index in [1.54, 1.807) is 0 Å². The topological polar surface area (TPSA) is 68.3 Å². The highest BCUT2D eigenvalue weighted by Crippen LogP contribution is 2.31. The molecule has 0 spiro atoms. The minimum Gasteiger partial charge on any atom is -0.347 e. The number of hydrogen-bond acceptors (Lipinski definition) is 3. The third kappa shape index (κ3) is 3.64. The second-order valence-corrected chi connectivity index (χ2v) is 7.98. The van der Waals surface area contributed by atoms with Crippen molar-refractivity contribution in [2.75, 3.05) is 13.1 Å². The summed E-state index contributed by atoms with van der Waals surface area (Å²) in [5, 5.41) is 0.748. The summed E-state index contributed by atoms with van der Waals surface area (Å²) in [4.78, 5) is 0.370. The monoisotopic (exact) mass is 393 g/mol. The highest BCUT2D eigenvalue weighted by atomic mass is 35.5. The van der Waals surface area contributed by atoms with Crippen molar-refractivity contribution in [2.45, 2.75) is 18.4 Å². The minimum absolute atomic E-state index is 0. The molecule has 0 amide bonds. The molecule has 0 saturated carbocycles. The number of para-hydroxylation sites is 1. The summed E-state index contributed by atoms with van der Waals surface area (Å²) >= 11 is 0. The first-order valence-corrected chi connectivity index (χ1v) is 9.69. The molecule has 0 saturated heterocycles. The molecule has 0 unspecified atom stereocenters. The number of benzene rings is 2. The third-order valence-corrected chi connectivity index (χ3v) is 6.54. The third-order valence-electron chi connectivity index (χ3n) is 4.52. The molecule has 1 heterocycles. The van der Waals surface area contributed by atoms with Crippen LogP contribution < -0.4 is 5.73 Å². The lowest BCUT2D eigenvalue weighted by atomic mass is 10.2. The zero-order valence-electron chi connectivity index (χ0n) is 14.9. The fourth-order valence-electron chi connectivity index (χ4n) is 3.16. The summed E-state index contributed by atoms with van der Waals surface area (Å²) in [5.41, 5.74) is 8.29. The van der Waals surface area contributed by atoms with Gasteiger partial charge in [-0.1, -0.05) is 48.5 Å². The van der Waals surface area contributed by atoms with Crippen LogP contribution in [0.2, 0.25) is 0 Å². The number of halogens is 1. The number of hydrogen-bond donors (Lipinski definition) is 1. The summed E-state index contributed by atoms with van der Waals surface area (Å²) in [7, 11) is -1.78. The lowest BCUT2D eigenvalue weighted by Crippen LogP contribution is -2.35. The smallest absolute Gasteiger partial charge is 0.245 e. The van der Waals surface area contributed by atoms with Crippen LogP contribution in [0.4, 0.5) is 0 Å². The molecule has 0 atom stereocenters. The van der Waals surface area contributed by atoms with Crippen LogP contribution in [-0.2, 0) is 23.6 Å². The van der Waals surface area contributed by atoms with Crippen molar-refractivity contribution in [3.8, 4) is 0 Å². The van der Waals surface area contributed by atoms with E-state index in [2.05, 4.69) is 0 Å². The summed E-state index contributed by atoms with van der Waals surface area (Å²) in [6.45, 7) is 2.70. The van der Waals surface area contributed by atoms with Gasteiger partial charge in [-0.05, 0) is 18.6 Å². The van der Waals surface area contributed by atoms with Gasteiger partial charge < -0.3 is 10.3 Å². The summed E-state index contributed by atoms with van der Waals surface area (Å²) < 4.78 is 30.3. The van der Waals surface area contributed by atoms with Gasteiger partial charge in [0.2, 0.25) is 10.0 Å². The quantitative estimate of drug-likeness (QED) is 0.699. The fourth-order valence-corrected chi connectivity index (χ4v) is 5.04. The van der Waals surface area contributed by atoms with Gasteiger partial charge >= 0.3 is 0 Å². The standard InChI is InChI=1S/C19H23N3O2S.ClH/c1-15-19(17-10-6-7-11-18(17)21(15)2)25(23,24)22(13-12-20)14-16-8-4-3-5-9-16;/h3-11H,12-14,20H2,1-2H3;1H. The van der Waals surface area contributed by atoms with Crippen molar-refractivity contribution >= 4 is 33.3 Å². The molecule has 2 aromatic carbocycles. The van der Waals surface area contributed by atoms with Gasteiger partial charge in [0.15, 0.2) is 0 Å². The van der Waals surface area contributed by atoms with Crippen molar-refractivity contribution in [3.05, 3.63) is 65.9 Å². The molecule has 7 heteroatoms. The Balaban J connectivity index is 0.00000243. The van der Waals surface area contributed by atoms with Crippen LogP contribution in [0, 0.1) is 6.92 Å². The highest BCUT2D eigenvalue weighted by molar-refractivity contribution is 7.89. The van der Waals surface area contributed by atoms with Gasteiger partial charge in [0, 0.05) is 43.3 Å². The SMILES string of the molecule is Cc1c(S(=O)(=O)N(CCN)Cc2ccccc2)c2ccccc2n1C.Cl. The normalized spacial score (nSPS) is 11.7. The van der Waals surface area contributed by atoms with E-state index >= 15 is 0 Å². The molecule has 5 nitrogen and oxygen atoms in total. The first kappa shape index (κ1) is 20.5. The Morgan fingerprint density at radius 3 is 2.31 bits per heavy atom. The van der Waals surface area contributed by atoms with Gasteiger partial charge in [-0.25, -0.2) is 8.42 Å². The molecule has 140 valence electrons. The van der Waals surface area contributed by atoms with E-state index in [1.807, 2.05) is 73.1 Å². The van der Waals surface area contributed by atoms with Crippen molar-refractivity contribution in [2.24, 2.45) is 12.8 Å². The van der Waals surface area contributed by atoms with Gasteiger partial charge in [0.05, 0.1) is 0 Å². The second-order valence-electron chi connectivity index (χ2n) is 6.10. The largest absolute Gasteiger partial charge is 0.347 e. The lowest BCUT2D eigenvalue weighted by molar-refractivity contribution is 0.414. The van der Waals surface area contributed by atoms with E-state index in [9.17, 15) is 8.42 Å². The van der Waals surface area contributed by atoms with Crippen LogP contribution in [0.3, 0.4) is 0 Å². The molecule has 0 aliphatic rings. The second kappa shape index (κ2) is 8.22. The summed E-state index contributed by atoms with van der Waals surface area (Å²) in [6.07, 6.45) is 0. The van der Waals surface area contributed by atoms with E-state index in [4.69, 9.17) is 5.73 Å². The van der Waals surface area contributed by atoms with Gasteiger partial charge in [-0.3, -0.25) is 0 Å². The van der Waals surface area contributed by atoms with E-state index in [-0.39, 0.29) is 25.5 Å². The van der Waals surface area contributed by atoms with Crippen molar-refractivity contribution in [1.29, 1.82) is 0 Å². The van der Waals surface area contributed by atoms with Gasteiger partial charge in [-0.2, -0.15) is 4.31 Å². The highest BCUT2D eigenvalue weighted by Gasteiger charge is 2.30. The lowest BCUT2D eigenvalue weighted by Gasteiger charge is -2.22. The van der Waals surface area contributed by atoms with E-state index < -0.39 is 10.0 Å². The van der Waals surface area contributed by atoms with Crippen molar-refractivity contribution in [3.63, 3.8) is 0 Å². The predicted octanol–water partition coefficient (Wildman–Crippen LogP) is 3.06. The summed E-state index contributed by atoms with van der Waals surface area (Å²) in [6, 6.07) is 17.2. The minimum atomic E-state index is -3.67. The summed E-state index contributed by atoms with van der Waals surface area (Å²) in [5.74, 6) is 0. The molecule has 0 aliphatic carbocycles. The molecule has 0 radical (unpaired) electrons. The van der Waals surface area contributed by atoms with Crippen LogP contribution >= 0.6 is 12.4 Å². The van der Waals surface area contributed by atoms with Crippen LogP contribution in [-0.4, -0.2) is 30.4 Å². The molecule has 3 rings (SSSR count). The van der Waals surface area contributed by atoms with Gasteiger partial charge in [0.1, 0.15) is 4.90 Å². The van der Waals surface area contributed by atoms with Crippen LogP contribution in [0.25, 0.3) is 10.9 Å². The number of rotatable bonds is 6. The first-order valence-electron chi connectivity index (χ1n) is 8.25. The molecular formula is C19H24ClN3O2S. The fraction of sp³-hybridized carbons (Fsp3) is 0.263. The van der Waals surface area contributed by atoms with Gasteiger partial charge in [0.25, 0.3) is 0 Å². The van der Waals surface area contributed by atoms with Crippen LogP contribution in [0.1, 0.15) is 11.3 Å². The molecule has 3 aromatic rings. The molecule has 26 heavy (non-hydrogen) atoms. The maximum absolute atomic E-state index is 13.4. The molecular weight excluding hydrogens is 370 g/mol. The van der Waals surface area contributed by atoms with Crippen LogP contribution in [0.15, 0.2) is 59.5 Å². The Labute approximate surface area is 160 Å². The molecule has 0 bridgehead atoms. The number of nitrogens with two attached hydrogens (primary N) is 1. The number of nitrogens with zero attached hydrogens (tertiary/aromatic N) is 2. The van der Waals surface area contributed by atoms with Crippen LogP contribution in [0.5, 0.6) is 0 Å². The Morgan fingerprint density at radius 2 is 1.65 bits per heavy atom. The zero-order valence-corrected chi connectivity index (χ0v) is 16.6. The molecule has 2 N–H and O–H groups in total. The number of sulfonamides is 1. The number of fused-ring (bicyclic) bond motifs is 1. The van der Waals surface area contributed by atoms with E-state index in [0.717, 1.165) is 22.2 Å². The maximum atomic E-state index is 13.4. The van der Waals surface area contributed by atoms with E-state index in [0.29, 0.717) is 11.4 Å². The van der Waals surface area contributed by atoms with E-state index in [1.165, 1.54) is 4.31 Å². The Hall–Kier alpha value is -1.86. The molecule has 0 fully saturated rings. The Kier molecular flexibility index (Phi) is 6.47. The average Bonchev–Trinajstić information content (AvgIpc) is 2.87. The maximum Gasteiger partial charge on any atom is 0.245 e. The molecule has 0 aliphatic heterocycles. The Morgan fingerprint density at radius 1 is 1.04 bits per heavy atom. The predicted molar refractivity (Wildman–Crippen MR) is 108 cm³/mol. The van der Waals surface area contributed by atoms with Crippen molar-refractivity contribution < 1.29 is 8.42 Å². The van der Waals surface area contributed by atoms with Crippen molar-refractivity contribution in [1.82, 2.24) is 8.87 Å². The Bertz CT molecular complexity index is 985.